The van der Waals surface area contributed by atoms with Crippen LogP contribution < -0.4 is 0 Å². The summed E-state index contributed by atoms with van der Waals surface area (Å²) in [7, 11) is 0. The summed E-state index contributed by atoms with van der Waals surface area (Å²) >= 11 is 0. The lowest BCUT2D eigenvalue weighted by atomic mass is 10.1. The van der Waals surface area contributed by atoms with Crippen LogP contribution in [0.4, 0.5) is 0 Å². The molecule has 1 aliphatic rings. The van der Waals surface area contributed by atoms with Crippen LogP contribution in [0.3, 0.4) is 0 Å². The SMILES string of the molecule is O=C(c1cnc2[nH]cc(-c3ccoc3)c2c1)N1CCOCC1. The monoisotopic (exact) mass is 297 g/mol. The first kappa shape index (κ1) is 13.1. The van der Waals surface area contributed by atoms with Gasteiger partial charge in [-0.2, -0.15) is 0 Å². The molecule has 4 heterocycles. The number of hydrogen-bond acceptors (Lipinski definition) is 4. The number of hydrogen-bond donors (Lipinski definition) is 1. The fourth-order valence-electron chi connectivity index (χ4n) is 2.73. The summed E-state index contributed by atoms with van der Waals surface area (Å²) in [4.78, 5) is 21.9. The molecule has 1 saturated heterocycles. The third-order valence-electron chi connectivity index (χ3n) is 3.91. The highest BCUT2D eigenvalue weighted by Gasteiger charge is 2.20. The number of nitrogens with one attached hydrogen (secondary N) is 1. The second kappa shape index (κ2) is 5.31. The lowest BCUT2D eigenvalue weighted by Crippen LogP contribution is -2.40. The fourth-order valence-corrected chi connectivity index (χ4v) is 2.73. The van der Waals surface area contributed by atoms with Crippen molar-refractivity contribution in [3.05, 3.63) is 42.6 Å². The van der Waals surface area contributed by atoms with E-state index < -0.39 is 0 Å². The van der Waals surface area contributed by atoms with Crippen LogP contribution in [-0.2, 0) is 4.74 Å². The minimum absolute atomic E-state index is 0.00274. The molecule has 112 valence electrons. The van der Waals surface area contributed by atoms with Crippen LogP contribution in [-0.4, -0.2) is 47.1 Å². The molecule has 22 heavy (non-hydrogen) atoms. The Labute approximate surface area is 126 Å². The van der Waals surface area contributed by atoms with E-state index in [1.807, 2.05) is 18.3 Å². The third kappa shape index (κ3) is 2.17. The molecule has 4 rings (SSSR count). The topological polar surface area (TPSA) is 71.4 Å². The molecular weight excluding hydrogens is 282 g/mol. The summed E-state index contributed by atoms with van der Waals surface area (Å²) in [6.07, 6.45) is 6.81. The largest absolute Gasteiger partial charge is 0.472 e. The highest BCUT2D eigenvalue weighted by Crippen LogP contribution is 2.28. The summed E-state index contributed by atoms with van der Waals surface area (Å²) in [6, 6.07) is 3.78. The molecule has 0 bridgehead atoms. The zero-order valence-corrected chi connectivity index (χ0v) is 11.9. The van der Waals surface area contributed by atoms with Gasteiger partial charge >= 0.3 is 0 Å². The van der Waals surface area contributed by atoms with Crippen molar-refractivity contribution < 1.29 is 13.9 Å². The molecular formula is C16H15N3O3. The van der Waals surface area contributed by atoms with Gasteiger partial charge in [-0.15, -0.1) is 0 Å². The van der Waals surface area contributed by atoms with E-state index in [0.717, 1.165) is 22.2 Å². The van der Waals surface area contributed by atoms with Gasteiger partial charge < -0.3 is 19.0 Å². The van der Waals surface area contributed by atoms with Crippen molar-refractivity contribution >= 4 is 16.9 Å². The predicted molar refractivity (Wildman–Crippen MR) is 80.5 cm³/mol. The molecule has 0 radical (unpaired) electrons. The number of fused-ring (bicyclic) bond motifs is 1. The van der Waals surface area contributed by atoms with Crippen molar-refractivity contribution in [2.24, 2.45) is 0 Å². The van der Waals surface area contributed by atoms with E-state index in [1.165, 1.54) is 0 Å². The molecule has 3 aromatic rings. The van der Waals surface area contributed by atoms with Crippen LogP contribution in [0.5, 0.6) is 0 Å². The molecule has 3 aromatic heterocycles. The average Bonchev–Trinajstić information content (AvgIpc) is 3.23. The summed E-state index contributed by atoms with van der Waals surface area (Å²) in [5.41, 5.74) is 3.30. The van der Waals surface area contributed by atoms with Crippen molar-refractivity contribution in [3.63, 3.8) is 0 Å². The number of aromatic nitrogens is 2. The molecule has 6 heteroatoms. The summed E-state index contributed by atoms with van der Waals surface area (Å²) < 4.78 is 10.4. The molecule has 1 aliphatic heterocycles. The minimum atomic E-state index is -0.00274. The highest BCUT2D eigenvalue weighted by atomic mass is 16.5. The number of aromatic amines is 1. The Balaban J connectivity index is 1.73. The molecule has 0 saturated carbocycles. The van der Waals surface area contributed by atoms with Gasteiger partial charge in [0.15, 0.2) is 0 Å². The Morgan fingerprint density at radius 1 is 1.32 bits per heavy atom. The van der Waals surface area contributed by atoms with E-state index in [4.69, 9.17) is 9.15 Å². The first-order chi connectivity index (χ1) is 10.8. The number of rotatable bonds is 2. The van der Waals surface area contributed by atoms with Gasteiger partial charge in [-0.05, 0) is 12.1 Å². The molecule has 0 atom stereocenters. The van der Waals surface area contributed by atoms with Crippen molar-refractivity contribution in [1.29, 1.82) is 0 Å². The highest BCUT2D eigenvalue weighted by molar-refractivity contribution is 6.01. The van der Waals surface area contributed by atoms with E-state index in [-0.39, 0.29) is 5.91 Å². The molecule has 0 spiro atoms. The quantitative estimate of drug-likeness (QED) is 0.788. The number of furan rings is 1. The number of amides is 1. The van der Waals surface area contributed by atoms with Crippen LogP contribution in [0, 0.1) is 0 Å². The maximum atomic E-state index is 12.6. The van der Waals surface area contributed by atoms with E-state index >= 15 is 0 Å². The number of H-pyrrole nitrogens is 1. The van der Waals surface area contributed by atoms with E-state index in [2.05, 4.69) is 9.97 Å². The lowest BCUT2D eigenvalue weighted by Gasteiger charge is -2.26. The standard InChI is InChI=1S/C16H15N3O3/c20-16(19-2-5-21-6-3-19)12-7-13-14(11-1-4-22-10-11)9-18-15(13)17-8-12/h1,4,7-10H,2-3,5-6H2,(H,17,18). The molecule has 0 unspecified atom stereocenters. The molecule has 6 nitrogen and oxygen atoms in total. The Bertz CT molecular complexity index is 801. The second-order valence-electron chi connectivity index (χ2n) is 5.24. The van der Waals surface area contributed by atoms with Crippen LogP contribution in [0.15, 0.2) is 41.5 Å². The maximum absolute atomic E-state index is 12.6. The Morgan fingerprint density at radius 2 is 2.18 bits per heavy atom. The maximum Gasteiger partial charge on any atom is 0.255 e. The third-order valence-corrected chi connectivity index (χ3v) is 3.91. The average molecular weight is 297 g/mol. The summed E-state index contributed by atoms with van der Waals surface area (Å²) in [6.45, 7) is 2.43. The first-order valence-corrected chi connectivity index (χ1v) is 7.19. The van der Waals surface area contributed by atoms with Crippen molar-refractivity contribution in [2.75, 3.05) is 26.3 Å². The van der Waals surface area contributed by atoms with Crippen LogP contribution in [0.25, 0.3) is 22.2 Å². The Morgan fingerprint density at radius 3 is 2.95 bits per heavy atom. The molecule has 1 amide bonds. The minimum Gasteiger partial charge on any atom is -0.472 e. The number of ether oxygens (including phenoxy) is 1. The molecule has 1 fully saturated rings. The number of pyridine rings is 1. The second-order valence-corrected chi connectivity index (χ2v) is 5.24. The van der Waals surface area contributed by atoms with E-state index in [1.54, 1.807) is 23.6 Å². The normalized spacial score (nSPS) is 15.4. The number of morpholine rings is 1. The van der Waals surface area contributed by atoms with Gasteiger partial charge in [-0.25, -0.2) is 4.98 Å². The van der Waals surface area contributed by atoms with Gasteiger partial charge in [0.2, 0.25) is 0 Å². The zero-order valence-electron chi connectivity index (χ0n) is 11.9. The van der Waals surface area contributed by atoms with Crippen LogP contribution in [0.1, 0.15) is 10.4 Å². The van der Waals surface area contributed by atoms with E-state index in [9.17, 15) is 4.79 Å². The van der Waals surface area contributed by atoms with Crippen molar-refractivity contribution in [3.8, 4) is 11.1 Å². The van der Waals surface area contributed by atoms with Gasteiger partial charge in [0.1, 0.15) is 5.65 Å². The van der Waals surface area contributed by atoms with Crippen molar-refractivity contribution in [1.82, 2.24) is 14.9 Å². The van der Waals surface area contributed by atoms with Crippen LogP contribution >= 0.6 is 0 Å². The number of carbonyl (C=O) groups is 1. The van der Waals surface area contributed by atoms with Crippen LogP contribution in [0.2, 0.25) is 0 Å². The fraction of sp³-hybridized carbons (Fsp3) is 0.250. The number of carbonyl (C=O) groups excluding carboxylic acids is 1. The van der Waals surface area contributed by atoms with Gasteiger partial charge in [-0.3, -0.25) is 4.79 Å². The van der Waals surface area contributed by atoms with Gasteiger partial charge in [0.05, 0.1) is 31.3 Å². The molecule has 0 aromatic carbocycles. The summed E-state index contributed by atoms with van der Waals surface area (Å²) in [5.74, 6) is -0.00274. The zero-order chi connectivity index (χ0) is 14.9. The lowest BCUT2D eigenvalue weighted by molar-refractivity contribution is 0.0303. The van der Waals surface area contributed by atoms with Gasteiger partial charge in [0, 0.05) is 42.0 Å². The Hall–Kier alpha value is -2.60. The number of nitrogens with zero attached hydrogens (tertiary/aromatic N) is 2. The Kier molecular flexibility index (Phi) is 3.16. The smallest absolute Gasteiger partial charge is 0.255 e. The first-order valence-electron chi connectivity index (χ1n) is 7.19. The molecule has 1 N–H and O–H groups in total. The van der Waals surface area contributed by atoms with Gasteiger partial charge in [-0.1, -0.05) is 0 Å². The predicted octanol–water partition coefficient (Wildman–Crippen LogP) is 2.30. The molecule has 0 aliphatic carbocycles. The van der Waals surface area contributed by atoms with Crippen molar-refractivity contribution in [2.45, 2.75) is 0 Å². The van der Waals surface area contributed by atoms with E-state index in [0.29, 0.717) is 31.9 Å². The summed E-state index contributed by atoms with van der Waals surface area (Å²) in [5, 5.41) is 0.917. The van der Waals surface area contributed by atoms with Gasteiger partial charge in [0.25, 0.3) is 5.91 Å².